The van der Waals surface area contributed by atoms with Gasteiger partial charge in [-0.05, 0) is 36.9 Å². The Bertz CT molecular complexity index is 601. The van der Waals surface area contributed by atoms with Crippen molar-refractivity contribution in [2.24, 2.45) is 0 Å². The van der Waals surface area contributed by atoms with Crippen molar-refractivity contribution in [3.05, 3.63) is 59.4 Å². The molecule has 21 heavy (non-hydrogen) atoms. The maximum absolute atomic E-state index is 14.0. The van der Waals surface area contributed by atoms with Crippen LogP contribution in [-0.4, -0.2) is 21.2 Å². The Hall–Kier alpha value is -2.07. The first-order valence-corrected chi connectivity index (χ1v) is 6.91. The quantitative estimate of drug-likeness (QED) is 0.883. The van der Waals surface area contributed by atoms with E-state index in [1.54, 1.807) is 13.2 Å². The number of hydrogen-bond donors (Lipinski definition) is 1. The summed E-state index contributed by atoms with van der Waals surface area (Å²) in [6.07, 6.45) is 0. The van der Waals surface area contributed by atoms with Crippen LogP contribution in [0.1, 0.15) is 11.1 Å². The lowest BCUT2D eigenvalue weighted by Crippen LogP contribution is -2.20. The Morgan fingerprint density at radius 3 is 2.67 bits per heavy atom. The highest BCUT2D eigenvalue weighted by Crippen LogP contribution is 2.24. The maximum Gasteiger partial charge on any atom is 0.129 e. The SMILES string of the molecule is CNCc1c(F)cccc1N(C)Cc1cccc(OC)c1. The summed E-state index contributed by atoms with van der Waals surface area (Å²) in [6.45, 7) is 1.20. The molecular formula is C17H21FN2O. The number of ether oxygens (including phenoxy) is 1. The van der Waals surface area contributed by atoms with Gasteiger partial charge in [0.25, 0.3) is 0 Å². The molecule has 0 aliphatic carbocycles. The zero-order valence-corrected chi connectivity index (χ0v) is 12.7. The van der Waals surface area contributed by atoms with Crippen molar-refractivity contribution in [3.63, 3.8) is 0 Å². The maximum atomic E-state index is 14.0. The molecule has 0 saturated carbocycles. The molecule has 2 rings (SSSR count). The van der Waals surface area contributed by atoms with Gasteiger partial charge in [0.2, 0.25) is 0 Å². The fraction of sp³-hybridized carbons (Fsp3) is 0.294. The van der Waals surface area contributed by atoms with Crippen molar-refractivity contribution >= 4 is 5.69 Å². The third-order valence-electron chi connectivity index (χ3n) is 3.41. The summed E-state index contributed by atoms with van der Waals surface area (Å²) in [4.78, 5) is 2.05. The fourth-order valence-electron chi connectivity index (χ4n) is 2.39. The number of halogens is 1. The van der Waals surface area contributed by atoms with Crippen LogP contribution in [0.2, 0.25) is 0 Å². The van der Waals surface area contributed by atoms with Gasteiger partial charge in [-0.15, -0.1) is 0 Å². The van der Waals surface area contributed by atoms with Gasteiger partial charge in [0.15, 0.2) is 0 Å². The molecule has 0 aromatic heterocycles. The van der Waals surface area contributed by atoms with E-state index in [4.69, 9.17) is 4.74 Å². The molecule has 0 amide bonds. The third-order valence-corrected chi connectivity index (χ3v) is 3.41. The number of hydrogen-bond acceptors (Lipinski definition) is 3. The summed E-state index contributed by atoms with van der Waals surface area (Å²) in [6, 6.07) is 13.1. The second-order valence-corrected chi connectivity index (χ2v) is 4.98. The van der Waals surface area contributed by atoms with Gasteiger partial charge >= 0.3 is 0 Å². The lowest BCUT2D eigenvalue weighted by Gasteiger charge is -2.23. The van der Waals surface area contributed by atoms with Crippen LogP contribution < -0.4 is 15.0 Å². The first-order valence-electron chi connectivity index (χ1n) is 6.91. The zero-order chi connectivity index (χ0) is 15.2. The first-order chi connectivity index (χ1) is 10.2. The van der Waals surface area contributed by atoms with E-state index in [2.05, 4.69) is 5.32 Å². The molecule has 0 saturated heterocycles. The van der Waals surface area contributed by atoms with Gasteiger partial charge in [-0.3, -0.25) is 0 Å². The van der Waals surface area contributed by atoms with Gasteiger partial charge in [-0.25, -0.2) is 4.39 Å². The number of nitrogens with one attached hydrogen (secondary N) is 1. The lowest BCUT2D eigenvalue weighted by atomic mass is 10.1. The van der Waals surface area contributed by atoms with E-state index < -0.39 is 0 Å². The van der Waals surface area contributed by atoms with E-state index in [1.807, 2.05) is 49.3 Å². The molecule has 1 N–H and O–H groups in total. The fourth-order valence-corrected chi connectivity index (χ4v) is 2.39. The highest BCUT2D eigenvalue weighted by Gasteiger charge is 2.12. The second kappa shape index (κ2) is 7.09. The minimum Gasteiger partial charge on any atom is -0.497 e. The predicted octanol–water partition coefficient (Wildman–Crippen LogP) is 3.19. The average Bonchev–Trinajstić information content (AvgIpc) is 2.49. The summed E-state index contributed by atoms with van der Waals surface area (Å²) >= 11 is 0. The average molecular weight is 288 g/mol. The van der Waals surface area contributed by atoms with Gasteiger partial charge < -0.3 is 15.0 Å². The van der Waals surface area contributed by atoms with Crippen molar-refractivity contribution in [1.82, 2.24) is 5.32 Å². The monoisotopic (exact) mass is 288 g/mol. The van der Waals surface area contributed by atoms with Crippen LogP contribution in [0, 0.1) is 5.82 Å². The van der Waals surface area contributed by atoms with Crippen LogP contribution in [0.25, 0.3) is 0 Å². The normalized spacial score (nSPS) is 10.5. The Kier molecular flexibility index (Phi) is 5.17. The molecule has 2 aromatic carbocycles. The van der Waals surface area contributed by atoms with Crippen molar-refractivity contribution in [1.29, 1.82) is 0 Å². The molecule has 0 spiro atoms. The minimum absolute atomic E-state index is 0.181. The molecule has 0 unspecified atom stereocenters. The molecule has 0 heterocycles. The van der Waals surface area contributed by atoms with Crippen LogP contribution >= 0.6 is 0 Å². The Balaban J connectivity index is 2.23. The summed E-state index contributed by atoms with van der Waals surface area (Å²) < 4.78 is 19.2. The van der Waals surface area contributed by atoms with Crippen LogP contribution in [0.3, 0.4) is 0 Å². The Labute approximate surface area is 125 Å². The summed E-state index contributed by atoms with van der Waals surface area (Å²) in [5.74, 6) is 0.648. The number of benzene rings is 2. The van der Waals surface area contributed by atoms with E-state index in [-0.39, 0.29) is 5.82 Å². The number of methoxy groups -OCH3 is 1. The molecule has 0 radical (unpaired) electrons. The molecule has 0 fully saturated rings. The van der Waals surface area contributed by atoms with Crippen LogP contribution in [0.4, 0.5) is 10.1 Å². The van der Waals surface area contributed by atoms with E-state index >= 15 is 0 Å². The van der Waals surface area contributed by atoms with Gasteiger partial charge in [-0.1, -0.05) is 18.2 Å². The second-order valence-electron chi connectivity index (χ2n) is 4.98. The van der Waals surface area contributed by atoms with Gasteiger partial charge in [0.05, 0.1) is 7.11 Å². The number of rotatable bonds is 6. The van der Waals surface area contributed by atoms with Crippen LogP contribution in [0.15, 0.2) is 42.5 Å². The van der Waals surface area contributed by atoms with Crippen LogP contribution in [-0.2, 0) is 13.1 Å². The van der Waals surface area contributed by atoms with E-state index in [1.165, 1.54) is 6.07 Å². The smallest absolute Gasteiger partial charge is 0.129 e. The molecular weight excluding hydrogens is 267 g/mol. The summed E-state index contributed by atoms with van der Waals surface area (Å²) in [5.41, 5.74) is 2.70. The predicted molar refractivity (Wildman–Crippen MR) is 84.3 cm³/mol. The highest BCUT2D eigenvalue weighted by atomic mass is 19.1. The molecule has 2 aromatic rings. The van der Waals surface area contributed by atoms with Gasteiger partial charge in [-0.2, -0.15) is 0 Å². The lowest BCUT2D eigenvalue weighted by molar-refractivity contribution is 0.414. The first kappa shape index (κ1) is 15.3. The van der Waals surface area contributed by atoms with Crippen molar-refractivity contribution in [3.8, 4) is 5.75 Å². The number of nitrogens with zero attached hydrogens (tertiary/aromatic N) is 1. The molecule has 0 atom stereocenters. The number of anilines is 1. The van der Waals surface area contributed by atoms with Crippen molar-refractivity contribution < 1.29 is 9.13 Å². The van der Waals surface area contributed by atoms with Crippen molar-refractivity contribution in [2.45, 2.75) is 13.1 Å². The topological polar surface area (TPSA) is 24.5 Å². The molecule has 3 nitrogen and oxygen atoms in total. The molecule has 4 heteroatoms. The molecule has 0 bridgehead atoms. The minimum atomic E-state index is -0.181. The largest absolute Gasteiger partial charge is 0.497 e. The van der Waals surface area contributed by atoms with E-state index in [0.717, 1.165) is 17.0 Å². The Morgan fingerprint density at radius 1 is 1.19 bits per heavy atom. The van der Waals surface area contributed by atoms with Gasteiger partial charge in [0.1, 0.15) is 11.6 Å². The molecule has 112 valence electrons. The summed E-state index contributed by atoms with van der Waals surface area (Å²) in [5, 5.41) is 3.02. The van der Waals surface area contributed by atoms with Crippen LogP contribution in [0.5, 0.6) is 5.75 Å². The zero-order valence-electron chi connectivity index (χ0n) is 12.7. The highest BCUT2D eigenvalue weighted by molar-refractivity contribution is 5.54. The van der Waals surface area contributed by atoms with Gasteiger partial charge in [0, 0.05) is 31.4 Å². The molecule has 0 aliphatic heterocycles. The van der Waals surface area contributed by atoms with E-state index in [9.17, 15) is 4.39 Å². The summed E-state index contributed by atoms with van der Waals surface area (Å²) in [7, 11) is 5.44. The van der Waals surface area contributed by atoms with E-state index in [0.29, 0.717) is 18.7 Å². The molecule has 0 aliphatic rings. The van der Waals surface area contributed by atoms with Crippen molar-refractivity contribution in [2.75, 3.05) is 26.1 Å². The standard InChI is InChI=1S/C17H21FN2O/c1-19-11-15-16(18)8-5-9-17(15)20(2)12-13-6-4-7-14(10-13)21-3/h4-10,19H,11-12H2,1-3H3. The third kappa shape index (κ3) is 3.73. The Morgan fingerprint density at radius 2 is 1.95 bits per heavy atom.